The average Bonchev–Trinajstić information content (AvgIpc) is 3.08. The molecule has 0 saturated carbocycles. The Balaban J connectivity index is 1.53. The van der Waals surface area contributed by atoms with Gasteiger partial charge in [0.2, 0.25) is 0 Å². The van der Waals surface area contributed by atoms with Crippen LogP contribution < -0.4 is 10.1 Å². The third kappa shape index (κ3) is 4.96. The Labute approximate surface area is 147 Å². The minimum atomic E-state index is -0.115. The van der Waals surface area contributed by atoms with Gasteiger partial charge in [0.05, 0.1) is 18.8 Å². The van der Waals surface area contributed by atoms with E-state index in [1.807, 2.05) is 55.1 Å². The van der Waals surface area contributed by atoms with Crippen LogP contribution in [0.25, 0.3) is 0 Å². The highest BCUT2D eigenvalue weighted by atomic mass is 16.5. The molecule has 134 valence electrons. The molecule has 1 fully saturated rings. The van der Waals surface area contributed by atoms with Gasteiger partial charge >= 0.3 is 6.03 Å². The Morgan fingerprint density at radius 2 is 2.12 bits per heavy atom. The van der Waals surface area contributed by atoms with Crippen LogP contribution in [-0.2, 0) is 11.3 Å². The summed E-state index contributed by atoms with van der Waals surface area (Å²) in [4.78, 5) is 14.2. The number of carbonyl (C=O) groups excluding carboxylic acids is 1. The number of hydrogen-bond donors (Lipinski definition) is 1. The molecular formula is C18H24N4O3. The van der Waals surface area contributed by atoms with Crippen molar-refractivity contribution < 1.29 is 14.3 Å². The molecule has 1 saturated heterocycles. The fourth-order valence-corrected chi connectivity index (χ4v) is 2.90. The lowest BCUT2D eigenvalue weighted by molar-refractivity contribution is -0.0530. The number of morpholine rings is 1. The molecule has 1 aromatic carbocycles. The van der Waals surface area contributed by atoms with Crippen molar-refractivity contribution >= 4 is 11.7 Å². The summed E-state index contributed by atoms with van der Waals surface area (Å²) in [5.74, 6) is 0.716. The Hall–Kier alpha value is -2.54. The second kappa shape index (κ2) is 8.02. The molecule has 2 aromatic rings. The van der Waals surface area contributed by atoms with E-state index in [4.69, 9.17) is 9.47 Å². The predicted octanol–water partition coefficient (Wildman–Crippen LogP) is 2.60. The van der Waals surface area contributed by atoms with Crippen LogP contribution in [0.2, 0.25) is 0 Å². The highest BCUT2D eigenvalue weighted by molar-refractivity contribution is 5.89. The Morgan fingerprint density at radius 1 is 1.32 bits per heavy atom. The minimum Gasteiger partial charge on any atom is -0.492 e. The van der Waals surface area contributed by atoms with Gasteiger partial charge in [0.15, 0.2) is 0 Å². The topological polar surface area (TPSA) is 68.6 Å². The molecule has 2 amide bonds. The van der Waals surface area contributed by atoms with Crippen molar-refractivity contribution in [2.24, 2.45) is 0 Å². The molecular weight excluding hydrogens is 320 g/mol. The monoisotopic (exact) mass is 344 g/mol. The third-order valence-corrected chi connectivity index (χ3v) is 3.94. The van der Waals surface area contributed by atoms with E-state index in [0.29, 0.717) is 37.7 Å². The minimum absolute atomic E-state index is 0.0477. The van der Waals surface area contributed by atoms with E-state index < -0.39 is 0 Å². The molecule has 0 spiro atoms. The third-order valence-electron chi connectivity index (χ3n) is 3.94. The summed E-state index contributed by atoms with van der Waals surface area (Å²) < 4.78 is 13.2. The molecule has 2 heterocycles. The summed E-state index contributed by atoms with van der Waals surface area (Å²) in [6.07, 6.45) is 3.73. The first-order valence-electron chi connectivity index (χ1n) is 8.52. The molecule has 2 unspecified atom stereocenters. The normalized spacial score (nSPS) is 20.3. The van der Waals surface area contributed by atoms with Gasteiger partial charge in [-0.3, -0.25) is 4.68 Å². The highest BCUT2D eigenvalue weighted by Gasteiger charge is 2.25. The van der Waals surface area contributed by atoms with Crippen molar-refractivity contribution in [2.45, 2.75) is 32.6 Å². The number of anilines is 1. The molecule has 25 heavy (non-hydrogen) atoms. The molecule has 1 aromatic heterocycles. The quantitative estimate of drug-likeness (QED) is 0.905. The zero-order chi connectivity index (χ0) is 17.6. The lowest BCUT2D eigenvalue weighted by Crippen LogP contribution is -2.49. The van der Waals surface area contributed by atoms with Crippen molar-refractivity contribution in [2.75, 3.05) is 25.0 Å². The standard InChI is InChI=1S/C18H24N4O3/c1-14-12-21(13-15(2)25-14)18(23)20-16-5-3-6-17(11-16)24-10-9-22-8-4-7-19-22/h3-8,11,14-15H,9-10,12-13H2,1-2H3,(H,20,23). The Kier molecular flexibility index (Phi) is 5.55. The van der Waals surface area contributed by atoms with E-state index in [9.17, 15) is 4.79 Å². The Bertz CT molecular complexity index is 679. The van der Waals surface area contributed by atoms with E-state index >= 15 is 0 Å². The second-order valence-electron chi connectivity index (χ2n) is 6.24. The van der Waals surface area contributed by atoms with Gasteiger partial charge in [-0.25, -0.2) is 4.79 Å². The average molecular weight is 344 g/mol. The van der Waals surface area contributed by atoms with Gasteiger partial charge in [-0.2, -0.15) is 5.10 Å². The first kappa shape index (κ1) is 17.3. The molecule has 3 rings (SSSR count). The maximum Gasteiger partial charge on any atom is 0.322 e. The highest BCUT2D eigenvalue weighted by Crippen LogP contribution is 2.19. The van der Waals surface area contributed by atoms with Gasteiger partial charge in [-0.1, -0.05) is 6.07 Å². The van der Waals surface area contributed by atoms with Crippen LogP contribution in [-0.4, -0.2) is 52.6 Å². The lowest BCUT2D eigenvalue weighted by atomic mass is 10.2. The smallest absolute Gasteiger partial charge is 0.322 e. The van der Waals surface area contributed by atoms with Crippen molar-refractivity contribution in [3.63, 3.8) is 0 Å². The zero-order valence-electron chi connectivity index (χ0n) is 14.6. The molecule has 7 nitrogen and oxygen atoms in total. The van der Waals surface area contributed by atoms with Gasteiger partial charge in [0.25, 0.3) is 0 Å². The molecule has 1 aliphatic rings. The van der Waals surface area contributed by atoms with E-state index in [2.05, 4.69) is 10.4 Å². The summed E-state index contributed by atoms with van der Waals surface area (Å²) >= 11 is 0. The number of nitrogens with one attached hydrogen (secondary N) is 1. The number of carbonyl (C=O) groups is 1. The first-order valence-corrected chi connectivity index (χ1v) is 8.52. The van der Waals surface area contributed by atoms with Crippen molar-refractivity contribution in [3.8, 4) is 5.75 Å². The van der Waals surface area contributed by atoms with Gasteiger partial charge in [0.1, 0.15) is 12.4 Å². The number of hydrogen-bond acceptors (Lipinski definition) is 4. The molecule has 2 atom stereocenters. The second-order valence-corrected chi connectivity index (χ2v) is 6.24. The summed E-state index contributed by atoms with van der Waals surface area (Å²) in [5.41, 5.74) is 0.716. The summed E-state index contributed by atoms with van der Waals surface area (Å²) in [6.45, 7) is 6.32. The maximum absolute atomic E-state index is 12.4. The molecule has 1 N–H and O–H groups in total. The summed E-state index contributed by atoms with van der Waals surface area (Å²) in [5, 5.41) is 7.06. The number of benzene rings is 1. The van der Waals surface area contributed by atoms with Crippen LogP contribution in [0.5, 0.6) is 5.75 Å². The fourth-order valence-electron chi connectivity index (χ4n) is 2.90. The van der Waals surface area contributed by atoms with E-state index in [1.165, 1.54) is 0 Å². The van der Waals surface area contributed by atoms with Gasteiger partial charge in [-0.15, -0.1) is 0 Å². The molecule has 1 aliphatic heterocycles. The van der Waals surface area contributed by atoms with E-state index in [1.54, 1.807) is 11.1 Å². The number of ether oxygens (including phenoxy) is 2. The van der Waals surface area contributed by atoms with Gasteiger partial charge in [-0.05, 0) is 32.0 Å². The number of amides is 2. The number of nitrogens with zero attached hydrogens (tertiary/aromatic N) is 3. The van der Waals surface area contributed by atoms with Crippen LogP contribution in [0.4, 0.5) is 10.5 Å². The molecule has 0 aliphatic carbocycles. The van der Waals surface area contributed by atoms with Gasteiger partial charge < -0.3 is 19.7 Å². The maximum atomic E-state index is 12.4. The molecule has 0 bridgehead atoms. The zero-order valence-corrected chi connectivity index (χ0v) is 14.6. The number of rotatable bonds is 5. The number of urea groups is 1. The Morgan fingerprint density at radius 3 is 2.84 bits per heavy atom. The van der Waals surface area contributed by atoms with Crippen LogP contribution in [0.1, 0.15) is 13.8 Å². The van der Waals surface area contributed by atoms with Crippen LogP contribution in [0.3, 0.4) is 0 Å². The number of aromatic nitrogens is 2. The van der Waals surface area contributed by atoms with Crippen molar-refractivity contribution in [1.82, 2.24) is 14.7 Å². The van der Waals surface area contributed by atoms with E-state index in [0.717, 1.165) is 0 Å². The summed E-state index contributed by atoms with van der Waals surface area (Å²) in [6, 6.07) is 9.18. The van der Waals surface area contributed by atoms with Crippen molar-refractivity contribution in [1.29, 1.82) is 0 Å². The van der Waals surface area contributed by atoms with Crippen LogP contribution >= 0.6 is 0 Å². The lowest BCUT2D eigenvalue weighted by Gasteiger charge is -2.35. The van der Waals surface area contributed by atoms with Crippen LogP contribution in [0, 0.1) is 0 Å². The van der Waals surface area contributed by atoms with Crippen molar-refractivity contribution in [3.05, 3.63) is 42.7 Å². The molecule has 7 heteroatoms. The van der Waals surface area contributed by atoms with E-state index in [-0.39, 0.29) is 18.2 Å². The summed E-state index contributed by atoms with van der Waals surface area (Å²) in [7, 11) is 0. The SMILES string of the molecule is CC1CN(C(=O)Nc2cccc(OCCn3cccn3)c2)CC(C)O1. The first-order chi connectivity index (χ1) is 12.1. The van der Waals surface area contributed by atoms with Gasteiger partial charge in [0, 0.05) is 37.2 Å². The van der Waals surface area contributed by atoms with Crippen LogP contribution in [0.15, 0.2) is 42.7 Å². The predicted molar refractivity (Wildman–Crippen MR) is 94.8 cm³/mol. The largest absolute Gasteiger partial charge is 0.492 e. The molecule has 0 radical (unpaired) electrons. The fraction of sp³-hybridized carbons (Fsp3) is 0.444.